The summed E-state index contributed by atoms with van der Waals surface area (Å²) in [6.07, 6.45) is 3.57. The largest absolute Gasteiger partial charge is 0.494 e. The van der Waals surface area contributed by atoms with E-state index in [0.29, 0.717) is 22.7 Å². The molecule has 2 aromatic carbocycles. The molecular formula is C25H21F2N7O4. The van der Waals surface area contributed by atoms with E-state index in [2.05, 4.69) is 30.1 Å². The molecule has 3 aromatic heterocycles. The molecule has 0 spiro atoms. The van der Waals surface area contributed by atoms with Gasteiger partial charge in [0.25, 0.3) is 5.78 Å². The molecule has 38 heavy (non-hydrogen) atoms. The Kier molecular flexibility index (Phi) is 6.56. The number of esters is 1. The molecule has 0 radical (unpaired) electrons. The molecule has 0 fully saturated rings. The summed E-state index contributed by atoms with van der Waals surface area (Å²) in [4.78, 5) is 25.2. The number of anilines is 2. The molecule has 0 saturated heterocycles. The van der Waals surface area contributed by atoms with Gasteiger partial charge < -0.3 is 24.1 Å². The summed E-state index contributed by atoms with van der Waals surface area (Å²) in [7, 11) is 2.79. The first-order chi connectivity index (χ1) is 18.3. The number of nitrogens with zero attached hydrogens (tertiary/aromatic N) is 6. The lowest BCUT2D eigenvalue weighted by molar-refractivity contribution is -0.0498. The zero-order valence-electron chi connectivity index (χ0n) is 20.4. The van der Waals surface area contributed by atoms with Crippen molar-refractivity contribution in [3.05, 3.63) is 72.4 Å². The number of ether oxygens (including phenoxy) is 3. The SMILES string of the molecule is COC(=O)c1cc(-c2cccc(OC(F)F)c2)n2nc(Nc3ccc(-n4cnc(C)c4)c(OC)c3)nc2n1. The number of benzene rings is 2. The first-order valence-electron chi connectivity index (χ1n) is 11.2. The fourth-order valence-electron chi connectivity index (χ4n) is 3.82. The van der Waals surface area contributed by atoms with Gasteiger partial charge in [-0.3, -0.25) is 0 Å². The number of rotatable bonds is 8. The summed E-state index contributed by atoms with van der Waals surface area (Å²) < 4.78 is 43.6. The predicted octanol–water partition coefficient (Wildman–Crippen LogP) is 4.43. The van der Waals surface area contributed by atoms with Crippen molar-refractivity contribution in [3.63, 3.8) is 0 Å². The van der Waals surface area contributed by atoms with Gasteiger partial charge in [-0.25, -0.2) is 14.8 Å². The first kappa shape index (κ1) is 24.6. The molecule has 0 atom stereocenters. The second kappa shape index (κ2) is 10.1. The minimum atomic E-state index is -2.99. The number of carbonyl (C=O) groups is 1. The zero-order valence-corrected chi connectivity index (χ0v) is 20.4. The number of hydrogen-bond donors (Lipinski definition) is 1. The van der Waals surface area contributed by atoms with E-state index in [9.17, 15) is 13.6 Å². The van der Waals surface area contributed by atoms with Crippen molar-refractivity contribution in [1.82, 2.24) is 29.1 Å². The highest BCUT2D eigenvalue weighted by Crippen LogP contribution is 2.29. The lowest BCUT2D eigenvalue weighted by atomic mass is 10.1. The third-order valence-electron chi connectivity index (χ3n) is 5.49. The van der Waals surface area contributed by atoms with E-state index in [4.69, 9.17) is 9.47 Å². The lowest BCUT2D eigenvalue weighted by Gasteiger charge is -2.11. The molecule has 1 N–H and O–H groups in total. The van der Waals surface area contributed by atoms with Crippen LogP contribution in [0.25, 0.3) is 22.7 Å². The number of alkyl halides is 2. The molecule has 0 aliphatic heterocycles. The van der Waals surface area contributed by atoms with Gasteiger partial charge in [0.2, 0.25) is 5.95 Å². The minimum absolute atomic E-state index is 0.0317. The molecule has 5 rings (SSSR count). The maximum Gasteiger partial charge on any atom is 0.387 e. The van der Waals surface area contributed by atoms with Crippen LogP contribution in [0, 0.1) is 6.92 Å². The van der Waals surface area contributed by atoms with Crippen molar-refractivity contribution < 1.29 is 27.8 Å². The van der Waals surface area contributed by atoms with Crippen molar-refractivity contribution in [2.24, 2.45) is 0 Å². The minimum Gasteiger partial charge on any atom is -0.494 e. The van der Waals surface area contributed by atoms with Crippen molar-refractivity contribution in [2.75, 3.05) is 19.5 Å². The quantitative estimate of drug-likeness (QED) is 0.296. The van der Waals surface area contributed by atoms with Gasteiger partial charge in [0.15, 0.2) is 5.69 Å². The van der Waals surface area contributed by atoms with Crippen LogP contribution in [-0.2, 0) is 4.74 Å². The van der Waals surface area contributed by atoms with E-state index in [1.807, 2.05) is 29.8 Å². The lowest BCUT2D eigenvalue weighted by Crippen LogP contribution is -2.08. The highest BCUT2D eigenvalue weighted by molar-refractivity contribution is 5.89. The van der Waals surface area contributed by atoms with Gasteiger partial charge in [-0.1, -0.05) is 12.1 Å². The number of methoxy groups -OCH3 is 2. The van der Waals surface area contributed by atoms with E-state index < -0.39 is 12.6 Å². The molecule has 0 unspecified atom stereocenters. The number of halogens is 2. The summed E-state index contributed by atoms with van der Waals surface area (Å²) in [5, 5.41) is 7.58. The Morgan fingerprint density at radius 1 is 1.08 bits per heavy atom. The zero-order chi connectivity index (χ0) is 26.8. The van der Waals surface area contributed by atoms with Gasteiger partial charge in [-0.15, -0.1) is 5.10 Å². The predicted molar refractivity (Wildman–Crippen MR) is 132 cm³/mol. The van der Waals surface area contributed by atoms with Crippen molar-refractivity contribution in [2.45, 2.75) is 13.5 Å². The van der Waals surface area contributed by atoms with Crippen LogP contribution in [0.15, 0.2) is 61.1 Å². The van der Waals surface area contributed by atoms with Crippen LogP contribution in [0.3, 0.4) is 0 Å². The van der Waals surface area contributed by atoms with Gasteiger partial charge in [-0.2, -0.15) is 18.3 Å². The third-order valence-corrected chi connectivity index (χ3v) is 5.49. The van der Waals surface area contributed by atoms with Crippen LogP contribution < -0.4 is 14.8 Å². The average Bonchev–Trinajstić information content (AvgIpc) is 3.52. The van der Waals surface area contributed by atoms with Crippen LogP contribution in [0.4, 0.5) is 20.4 Å². The number of carbonyl (C=O) groups excluding carboxylic acids is 1. The molecule has 194 valence electrons. The van der Waals surface area contributed by atoms with E-state index in [1.54, 1.807) is 31.6 Å². The molecule has 0 bridgehead atoms. The van der Waals surface area contributed by atoms with Crippen LogP contribution >= 0.6 is 0 Å². The highest BCUT2D eigenvalue weighted by atomic mass is 19.3. The number of nitrogens with one attached hydrogen (secondary N) is 1. The van der Waals surface area contributed by atoms with Crippen molar-refractivity contribution in [3.8, 4) is 28.4 Å². The fourth-order valence-corrected chi connectivity index (χ4v) is 3.82. The summed E-state index contributed by atoms with van der Waals surface area (Å²) in [6, 6.07) is 12.9. The van der Waals surface area contributed by atoms with Crippen LogP contribution in [-0.4, -0.2) is 55.9 Å². The van der Waals surface area contributed by atoms with E-state index in [-0.39, 0.29) is 23.2 Å². The molecule has 0 aliphatic carbocycles. The summed E-state index contributed by atoms with van der Waals surface area (Å²) in [5.74, 6) is 0.0954. The molecule has 0 saturated carbocycles. The second-order valence-corrected chi connectivity index (χ2v) is 8.01. The number of fused-ring (bicyclic) bond motifs is 1. The highest BCUT2D eigenvalue weighted by Gasteiger charge is 2.18. The topological polar surface area (TPSA) is 118 Å². The number of imidazole rings is 1. The number of aryl methyl sites for hydroxylation is 1. The van der Waals surface area contributed by atoms with Gasteiger partial charge >= 0.3 is 12.6 Å². The average molecular weight is 521 g/mol. The third kappa shape index (κ3) is 4.93. The van der Waals surface area contributed by atoms with Crippen LogP contribution in [0.2, 0.25) is 0 Å². The van der Waals surface area contributed by atoms with E-state index >= 15 is 0 Å². The van der Waals surface area contributed by atoms with Crippen molar-refractivity contribution >= 4 is 23.4 Å². The molecule has 5 aromatic rings. The number of hydrogen-bond acceptors (Lipinski definition) is 9. The molecule has 13 heteroatoms. The van der Waals surface area contributed by atoms with Crippen LogP contribution in [0.1, 0.15) is 16.2 Å². The Labute approximate surface area is 214 Å². The molecular weight excluding hydrogens is 500 g/mol. The van der Waals surface area contributed by atoms with Gasteiger partial charge in [0, 0.05) is 23.5 Å². The summed E-state index contributed by atoms with van der Waals surface area (Å²) >= 11 is 0. The Morgan fingerprint density at radius 2 is 1.92 bits per heavy atom. The molecule has 0 aliphatic rings. The van der Waals surface area contributed by atoms with Gasteiger partial charge in [0.1, 0.15) is 11.5 Å². The summed E-state index contributed by atoms with van der Waals surface area (Å²) in [6.45, 7) is -1.10. The molecule has 3 heterocycles. The Bertz CT molecular complexity index is 1630. The normalized spacial score (nSPS) is 11.1. The van der Waals surface area contributed by atoms with Crippen LogP contribution in [0.5, 0.6) is 11.5 Å². The van der Waals surface area contributed by atoms with E-state index in [1.165, 1.54) is 29.8 Å². The number of aromatic nitrogens is 6. The Hall–Kier alpha value is -5.07. The first-order valence-corrected chi connectivity index (χ1v) is 11.2. The maximum atomic E-state index is 12.8. The standard InChI is InChI=1S/C25H21F2N7O4/c1-14-12-33(13-28-14)19-8-7-16(10-21(19)36-2)29-24-31-25-30-18(22(35)37-3)11-20(34(25)32-24)15-5-4-6-17(9-15)38-23(26)27/h4-13,23H,1-3H3,(H,29,32). The molecule has 11 nitrogen and oxygen atoms in total. The van der Waals surface area contributed by atoms with Gasteiger partial charge in [-0.05, 0) is 37.3 Å². The monoisotopic (exact) mass is 521 g/mol. The molecule has 0 amide bonds. The Balaban J connectivity index is 1.54. The maximum absolute atomic E-state index is 12.8. The fraction of sp³-hybridized carbons (Fsp3) is 0.160. The smallest absolute Gasteiger partial charge is 0.387 e. The summed E-state index contributed by atoms with van der Waals surface area (Å²) in [5.41, 5.74) is 3.05. The van der Waals surface area contributed by atoms with Crippen molar-refractivity contribution in [1.29, 1.82) is 0 Å². The Morgan fingerprint density at radius 3 is 2.63 bits per heavy atom. The van der Waals surface area contributed by atoms with Gasteiger partial charge in [0.05, 0.1) is 37.6 Å². The van der Waals surface area contributed by atoms with E-state index in [0.717, 1.165) is 11.4 Å². The second-order valence-electron chi connectivity index (χ2n) is 8.01.